The Kier molecular flexibility index (Phi) is 3.77. The predicted molar refractivity (Wildman–Crippen MR) is 87.4 cm³/mol. The molecule has 0 radical (unpaired) electrons. The van der Waals surface area contributed by atoms with E-state index in [0.29, 0.717) is 0 Å². The van der Waals surface area contributed by atoms with Crippen LogP contribution in [0.3, 0.4) is 0 Å². The highest BCUT2D eigenvalue weighted by molar-refractivity contribution is 5.83. The summed E-state index contributed by atoms with van der Waals surface area (Å²) in [6.45, 7) is 4.19. The molecule has 1 heterocycles. The van der Waals surface area contributed by atoms with Crippen LogP contribution in [0.1, 0.15) is 19.4 Å². The van der Waals surface area contributed by atoms with Crippen molar-refractivity contribution < 1.29 is 5.11 Å². The first-order valence-corrected chi connectivity index (χ1v) is 7.30. The first-order valence-electron chi connectivity index (χ1n) is 7.30. The summed E-state index contributed by atoms with van der Waals surface area (Å²) in [7, 11) is 0. The van der Waals surface area contributed by atoms with Gasteiger partial charge in [0.1, 0.15) is 5.69 Å². The Morgan fingerprint density at radius 2 is 1.59 bits per heavy atom. The molecule has 0 aliphatic carbocycles. The minimum absolute atomic E-state index is 0.0934. The van der Waals surface area contributed by atoms with Crippen molar-refractivity contribution in [2.45, 2.75) is 19.3 Å². The number of aliphatic hydroxyl groups excluding tert-OH is 1. The van der Waals surface area contributed by atoms with Crippen LogP contribution < -0.4 is 0 Å². The summed E-state index contributed by atoms with van der Waals surface area (Å²) in [6.07, 6.45) is 1.79. The van der Waals surface area contributed by atoms with E-state index >= 15 is 0 Å². The summed E-state index contributed by atoms with van der Waals surface area (Å²) < 4.78 is 0. The second kappa shape index (κ2) is 5.73. The normalized spacial score (nSPS) is 11.6. The number of nitrogens with one attached hydrogen (secondary N) is 1. The molecule has 0 aliphatic rings. The number of aliphatic hydroxyl groups is 1. The third kappa shape index (κ3) is 2.53. The number of benzene rings is 2. The molecule has 0 saturated carbocycles. The SMILES string of the molecule is CC(C)(CO)c1ccccc1-c1ccccc1-c1c[nH]nn1. The van der Waals surface area contributed by atoms with Gasteiger partial charge in [-0.2, -0.15) is 0 Å². The van der Waals surface area contributed by atoms with Gasteiger partial charge in [0.25, 0.3) is 0 Å². The van der Waals surface area contributed by atoms with Crippen molar-refractivity contribution in [3.05, 3.63) is 60.3 Å². The van der Waals surface area contributed by atoms with Crippen molar-refractivity contribution in [2.24, 2.45) is 0 Å². The Bertz CT molecular complexity index is 764. The molecule has 2 aromatic carbocycles. The van der Waals surface area contributed by atoms with E-state index in [1.54, 1.807) is 6.20 Å². The first kappa shape index (κ1) is 14.5. The molecule has 0 bridgehead atoms. The van der Waals surface area contributed by atoms with Crippen LogP contribution in [-0.4, -0.2) is 27.1 Å². The van der Waals surface area contributed by atoms with Gasteiger partial charge in [-0.15, -0.1) is 5.10 Å². The summed E-state index contributed by atoms with van der Waals surface area (Å²) in [5, 5.41) is 20.4. The zero-order valence-corrected chi connectivity index (χ0v) is 12.7. The molecule has 4 heteroatoms. The van der Waals surface area contributed by atoms with Gasteiger partial charge >= 0.3 is 0 Å². The maximum absolute atomic E-state index is 9.74. The minimum atomic E-state index is -0.312. The van der Waals surface area contributed by atoms with E-state index in [0.717, 1.165) is 27.9 Å². The number of nitrogens with zero attached hydrogens (tertiary/aromatic N) is 2. The Balaban J connectivity index is 2.22. The van der Waals surface area contributed by atoms with Crippen molar-refractivity contribution in [3.63, 3.8) is 0 Å². The average molecular weight is 293 g/mol. The molecule has 0 atom stereocenters. The van der Waals surface area contributed by atoms with Gasteiger partial charge in [0, 0.05) is 11.0 Å². The van der Waals surface area contributed by atoms with Crippen LogP contribution >= 0.6 is 0 Å². The van der Waals surface area contributed by atoms with Gasteiger partial charge in [0.05, 0.1) is 12.8 Å². The van der Waals surface area contributed by atoms with E-state index in [4.69, 9.17) is 0 Å². The smallest absolute Gasteiger partial charge is 0.113 e. The molecule has 0 fully saturated rings. The lowest BCUT2D eigenvalue weighted by molar-refractivity contribution is 0.219. The fourth-order valence-corrected chi connectivity index (χ4v) is 2.67. The Morgan fingerprint density at radius 1 is 0.955 bits per heavy atom. The highest BCUT2D eigenvalue weighted by atomic mass is 16.3. The zero-order chi connectivity index (χ0) is 15.6. The number of aromatic amines is 1. The molecule has 3 aromatic rings. The lowest BCUT2D eigenvalue weighted by Crippen LogP contribution is -2.23. The molecule has 2 N–H and O–H groups in total. The van der Waals surface area contributed by atoms with Crippen molar-refractivity contribution in [3.8, 4) is 22.4 Å². The van der Waals surface area contributed by atoms with Gasteiger partial charge in [-0.1, -0.05) is 67.6 Å². The van der Waals surface area contributed by atoms with E-state index in [1.807, 2.05) is 44.2 Å². The highest BCUT2D eigenvalue weighted by Gasteiger charge is 2.24. The van der Waals surface area contributed by atoms with Gasteiger partial charge < -0.3 is 5.11 Å². The molecular weight excluding hydrogens is 274 g/mol. The van der Waals surface area contributed by atoms with Crippen LogP contribution in [-0.2, 0) is 5.41 Å². The van der Waals surface area contributed by atoms with Crippen molar-refractivity contribution in [2.75, 3.05) is 6.61 Å². The molecule has 3 rings (SSSR count). The largest absolute Gasteiger partial charge is 0.395 e. The lowest BCUT2D eigenvalue weighted by atomic mass is 9.80. The number of H-pyrrole nitrogens is 1. The average Bonchev–Trinajstić information content (AvgIpc) is 3.09. The third-order valence-corrected chi connectivity index (χ3v) is 3.96. The minimum Gasteiger partial charge on any atom is -0.395 e. The Morgan fingerprint density at radius 3 is 2.23 bits per heavy atom. The summed E-state index contributed by atoms with van der Waals surface area (Å²) >= 11 is 0. The van der Waals surface area contributed by atoms with Gasteiger partial charge in [0.2, 0.25) is 0 Å². The van der Waals surface area contributed by atoms with Crippen molar-refractivity contribution in [1.82, 2.24) is 15.4 Å². The molecule has 112 valence electrons. The van der Waals surface area contributed by atoms with Crippen LogP contribution in [0.2, 0.25) is 0 Å². The summed E-state index contributed by atoms with van der Waals surface area (Å²) in [5.74, 6) is 0. The van der Waals surface area contributed by atoms with Crippen molar-refractivity contribution in [1.29, 1.82) is 0 Å². The summed E-state index contributed by atoms with van der Waals surface area (Å²) in [4.78, 5) is 0. The monoisotopic (exact) mass is 293 g/mol. The predicted octanol–water partition coefficient (Wildman–Crippen LogP) is 3.41. The third-order valence-electron chi connectivity index (χ3n) is 3.96. The number of aromatic nitrogens is 3. The molecule has 0 unspecified atom stereocenters. The topological polar surface area (TPSA) is 61.8 Å². The molecular formula is C18H19N3O. The fourth-order valence-electron chi connectivity index (χ4n) is 2.67. The zero-order valence-electron chi connectivity index (χ0n) is 12.7. The molecule has 1 aromatic heterocycles. The van der Waals surface area contributed by atoms with Crippen LogP contribution in [0.15, 0.2) is 54.7 Å². The van der Waals surface area contributed by atoms with Crippen LogP contribution in [0.25, 0.3) is 22.4 Å². The fraction of sp³-hybridized carbons (Fsp3) is 0.222. The summed E-state index contributed by atoms with van der Waals surface area (Å²) in [5.41, 5.74) is 4.85. The lowest BCUT2D eigenvalue weighted by Gasteiger charge is -2.26. The van der Waals surface area contributed by atoms with Crippen LogP contribution in [0.5, 0.6) is 0 Å². The van der Waals surface area contributed by atoms with Crippen LogP contribution in [0.4, 0.5) is 0 Å². The van der Waals surface area contributed by atoms with Gasteiger partial charge in [-0.25, -0.2) is 0 Å². The number of hydrogen-bond acceptors (Lipinski definition) is 3. The number of hydrogen-bond donors (Lipinski definition) is 2. The second-order valence-corrected chi connectivity index (χ2v) is 5.99. The van der Waals surface area contributed by atoms with E-state index < -0.39 is 0 Å². The highest BCUT2D eigenvalue weighted by Crippen LogP contribution is 2.37. The molecule has 0 spiro atoms. The van der Waals surface area contributed by atoms with E-state index in [2.05, 4.69) is 33.6 Å². The van der Waals surface area contributed by atoms with Gasteiger partial charge in [0.15, 0.2) is 0 Å². The summed E-state index contributed by atoms with van der Waals surface area (Å²) in [6, 6.07) is 16.3. The van der Waals surface area contributed by atoms with E-state index in [-0.39, 0.29) is 12.0 Å². The van der Waals surface area contributed by atoms with Crippen LogP contribution in [0, 0.1) is 0 Å². The Labute approximate surface area is 129 Å². The standard InChI is InChI=1S/C18H19N3O/c1-18(2,12-22)16-10-6-5-8-14(16)13-7-3-4-9-15(13)17-11-19-21-20-17/h3-11,22H,12H2,1-2H3,(H,19,20,21). The Hall–Kier alpha value is -2.46. The van der Waals surface area contributed by atoms with E-state index in [9.17, 15) is 5.11 Å². The maximum atomic E-state index is 9.74. The first-order chi connectivity index (χ1) is 10.6. The second-order valence-electron chi connectivity index (χ2n) is 5.99. The number of rotatable bonds is 4. The maximum Gasteiger partial charge on any atom is 0.113 e. The van der Waals surface area contributed by atoms with Gasteiger partial charge in [-0.05, 0) is 16.7 Å². The molecule has 0 aliphatic heterocycles. The molecule has 4 nitrogen and oxygen atoms in total. The molecule has 22 heavy (non-hydrogen) atoms. The quantitative estimate of drug-likeness (QED) is 0.775. The van der Waals surface area contributed by atoms with Gasteiger partial charge in [-0.3, -0.25) is 5.10 Å². The van der Waals surface area contributed by atoms with E-state index in [1.165, 1.54) is 0 Å². The molecule has 0 saturated heterocycles. The molecule has 0 amide bonds. The van der Waals surface area contributed by atoms with Crippen molar-refractivity contribution >= 4 is 0 Å².